The van der Waals surface area contributed by atoms with Gasteiger partial charge in [-0.2, -0.15) is 0 Å². The Balaban J connectivity index is 1.17. The van der Waals surface area contributed by atoms with E-state index in [9.17, 15) is 19.2 Å². The second kappa shape index (κ2) is 9.01. The first kappa shape index (κ1) is 21.7. The molecular weight excluding hydrogens is 434 g/mol. The van der Waals surface area contributed by atoms with E-state index in [1.54, 1.807) is 34.1 Å². The van der Waals surface area contributed by atoms with Crippen LogP contribution in [-0.4, -0.2) is 62.6 Å². The molecule has 2 amide bonds. The van der Waals surface area contributed by atoms with Crippen LogP contribution in [0.2, 0.25) is 0 Å². The number of hydrogen-bond donors (Lipinski definition) is 2. The highest BCUT2D eigenvalue weighted by Crippen LogP contribution is 2.19. The lowest BCUT2D eigenvalue weighted by Crippen LogP contribution is -2.51. The minimum atomic E-state index is -0.357. The summed E-state index contributed by atoms with van der Waals surface area (Å²) >= 11 is 0. The minimum Gasteiger partial charge on any atom is -0.361 e. The number of carbonyl (C=O) groups is 2. The van der Waals surface area contributed by atoms with Crippen molar-refractivity contribution in [1.82, 2.24) is 24.6 Å². The molecule has 1 fully saturated rings. The molecule has 9 nitrogen and oxygen atoms in total. The molecule has 0 aliphatic carbocycles. The molecule has 0 radical (unpaired) electrons. The Labute approximate surface area is 194 Å². The number of amides is 2. The van der Waals surface area contributed by atoms with Gasteiger partial charge in [-0.3, -0.25) is 24.3 Å². The maximum atomic E-state index is 12.8. The number of piperazine rings is 1. The summed E-state index contributed by atoms with van der Waals surface area (Å²) in [5.41, 5.74) is 1.29. The monoisotopic (exact) mass is 459 g/mol. The number of H-pyrrole nitrogens is 2. The van der Waals surface area contributed by atoms with Crippen LogP contribution in [0.3, 0.4) is 0 Å². The molecule has 4 aromatic rings. The quantitative estimate of drug-likeness (QED) is 0.471. The molecule has 2 aromatic heterocycles. The summed E-state index contributed by atoms with van der Waals surface area (Å²) in [5, 5.41) is 4.27. The second-order valence-electron chi connectivity index (χ2n) is 8.49. The number of nitrogens with zero attached hydrogens (tertiary/aromatic N) is 3. The van der Waals surface area contributed by atoms with Crippen LogP contribution in [0.4, 0.5) is 0 Å². The molecule has 1 aliphatic heterocycles. The first-order valence-electron chi connectivity index (χ1n) is 11.3. The van der Waals surface area contributed by atoms with E-state index >= 15 is 0 Å². The Morgan fingerprint density at radius 2 is 1.41 bits per heavy atom. The lowest BCUT2D eigenvalue weighted by Gasteiger charge is -2.35. The summed E-state index contributed by atoms with van der Waals surface area (Å²) < 4.78 is 1.20. The predicted molar refractivity (Wildman–Crippen MR) is 129 cm³/mol. The molecule has 0 spiro atoms. The van der Waals surface area contributed by atoms with Crippen LogP contribution in [0.25, 0.3) is 21.7 Å². The van der Waals surface area contributed by atoms with Crippen LogP contribution < -0.4 is 11.1 Å². The number of aryl methyl sites for hydroxylation is 1. The number of aromatic amines is 2. The van der Waals surface area contributed by atoms with Gasteiger partial charge in [0, 0.05) is 49.7 Å². The van der Waals surface area contributed by atoms with Gasteiger partial charge < -0.3 is 14.8 Å². The highest BCUT2D eigenvalue weighted by molar-refractivity contribution is 5.89. The van der Waals surface area contributed by atoms with Crippen molar-refractivity contribution in [3.8, 4) is 0 Å². The van der Waals surface area contributed by atoms with Gasteiger partial charge in [0.2, 0.25) is 11.8 Å². The fourth-order valence-corrected chi connectivity index (χ4v) is 4.53. The van der Waals surface area contributed by atoms with E-state index in [0.717, 1.165) is 16.5 Å². The molecular formula is C25H25N5O4. The van der Waals surface area contributed by atoms with E-state index in [-0.39, 0.29) is 35.9 Å². The van der Waals surface area contributed by atoms with E-state index in [4.69, 9.17) is 0 Å². The molecule has 9 heteroatoms. The predicted octanol–water partition coefficient (Wildman–Crippen LogP) is 1.47. The Hall–Kier alpha value is -4.14. The molecule has 0 bridgehead atoms. The Bertz CT molecular complexity index is 1490. The Morgan fingerprint density at radius 1 is 0.794 bits per heavy atom. The normalized spacial score (nSPS) is 14.1. The largest absolute Gasteiger partial charge is 0.361 e. The molecule has 174 valence electrons. The minimum absolute atomic E-state index is 0.0390. The lowest BCUT2D eigenvalue weighted by atomic mass is 10.1. The van der Waals surface area contributed by atoms with Crippen molar-refractivity contribution in [1.29, 1.82) is 0 Å². The smallest absolute Gasteiger partial charge is 0.273 e. The van der Waals surface area contributed by atoms with Crippen LogP contribution in [0.1, 0.15) is 12.0 Å². The molecule has 1 aliphatic rings. The van der Waals surface area contributed by atoms with Crippen LogP contribution in [-0.2, 0) is 22.6 Å². The number of rotatable bonds is 5. The van der Waals surface area contributed by atoms with Crippen LogP contribution in [0.5, 0.6) is 0 Å². The summed E-state index contributed by atoms with van der Waals surface area (Å²) in [4.78, 5) is 57.1. The zero-order chi connectivity index (χ0) is 23.7. The first-order valence-corrected chi connectivity index (χ1v) is 11.3. The molecule has 2 N–H and O–H groups in total. The van der Waals surface area contributed by atoms with Crippen molar-refractivity contribution in [3.63, 3.8) is 0 Å². The summed E-state index contributed by atoms with van der Waals surface area (Å²) in [5.74, 6) is -0.0678. The van der Waals surface area contributed by atoms with Crippen LogP contribution >= 0.6 is 0 Å². The molecule has 0 saturated carbocycles. The number of nitrogens with one attached hydrogen (secondary N) is 2. The van der Waals surface area contributed by atoms with Crippen molar-refractivity contribution in [2.24, 2.45) is 0 Å². The second-order valence-corrected chi connectivity index (χ2v) is 8.49. The fraction of sp³-hybridized carbons (Fsp3) is 0.280. The van der Waals surface area contributed by atoms with Crippen molar-refractivity contribution in [3.05, 3.63) is 81.0 Å². The van der Waals surface area contributed by atoms with Gasteiger partial charge in [0.25, 0.3) is 11.1 Å². The summed E-state index contributed by atoms with van der Waals surface area (Å²) in [7, 11) is 0. The lowest BCUT2D eigenvalue weighted by molar-refractivity contribution is -0.139. The van der Waals surface area contributed by atoms with E-state index < -0.39 is 0 Å². The van der Waals surface area contributed by atoms with Gasteiger partial charge in [-0.1, -0.05) is 30.3 Å². The van der Waals surface area contributed by atoms with Crippen molar-refractivity contribution >= 4 is 33.5 Å². The maximum Gasteiger partial charge on any atom is 0.273 e. The standard InChI is InChI=1S/C25H25N5O4/c31-22(9-10-30-25(34)20-7-2-1-6-19(20)24(33)27-30)28-11-13-29(14-12-28)23(32)15-17-16-26-21-8-4-3-5-18(17)21/h1-8,16,26H,9-15H2,(H,27,33). The number of benzene rings is 2. The van der Waals surface area contributed by atoms with Gasteiger partial charge in [-0.05, 0) is 23.8 Å². The Morgan fingerprint density at radius 3 is 2.15 bits per heavy atom. The number of fused-ring (bicyclic) bond motifs is 2. The third-order valence-electron chi connectivity index (χ3n) is 6.43. The molecule has 5 rings (SSSR count). The molecule has 34 heavy (non-hydrogen) atoms. The van der Waals surface area contributed by atoms with Gasteiger partial charge in [0.15, 0.2) is 0 Å². The van der Waals surface area contributed by atoms with Crippen LogP contribution in [0.15, 0.2) is 64.3 Å². The molecule has 0 unspecified atom stereocenters. The third kappa shape index (κ3) is 4.12. The van der Waals surface area contributed by atoms with Crippen molar-refractivity contribution < 1.29 is 9.59 Å². The Kier molecular flexibility index (Phi) is 5.75. The zero-order valence-electron chi connectivity index (χ0n) is 18.6. The number of para-hydroxylation sites is 1. The van der Waals surface area contributed by atoms with E-state index in [1.807, 2.05) is 30.5 Å². The van der Waals surface area contributed by atoms with E-state index in [1.165, 1.54) is 4.68 Å². The highest BCUT2D eigenvalue weighted by Gasteiger charge is 2.24. The van der Waals surface area contributed by atoms with Crippen LogP contribution in [0, 0.1) is 0 Å². The van der Waals surface area contributed by atoms with Gasteiger partial charge in [0.05, 0.1) is 23.7 Å². The average Bonchev–Trinajstić information content (AvgIpc) is 3.28. The number of hydrogen-bond acceptors (Lipinski definition) is 4. The van der Waals surface area contributed by atoms with Crippen molar-refractivity contribution in [2.45, 2.75) is 19.4 Å². The summed E-state index contributed by atoms with van der Waals surface area (Å²) in [6, 6.07) is 14.5. The molecule has 0 atom stereocenters. The summed E-state index contributed by atoms with van der Waals surface area (Å²) in [6.07, 6.45) is 2.29. The van der Waals surface area contributed by atoms with E-state index in [0.29, 0.717) is 43.4 Å². The van der Waals surface area contributed by atoms with Gasteiger partial charge >= 0.3 is 0 Å². The first-order chi connectivity index (χ1) is 16.5. The summed E-state index contributed by atoms with van der Waals surface area (Å²) in [6.45, 7) is 1.93. The molecule has 2 aromatic carbocycles. The maximum absolute atomic E-state index is 12.8. The van der Waals surface area contributed by atoms with Gasteiger partial charge in [-0.15, -0.1) is 0 Å². The topological polar surface area (TPSA) is 111 Å². The molecule has 1 saturated heterocycles. The van der Waals surface area contributed by atoms with Gasteiger partial charge in [0.1, 0.15) is 0 Å². The average molecular weight is 460 g/mol. The SMILES string of the molecule is O=C(CCn1[nH]c(=O)c2ccccc2c1=O)N1CCN(C(=O)Cc2c[nH]c3ccccc23)CC1. The highest BCUT2D eigenvalue weighted by atomic mass is 16.2. The van der Waals surface area contributed by atoms with Crippen molar-refractivity contribution in [2.75, 3.05) is 26.2 Å². The molecule has 3 heterocycles. The number of aromatic nitrogens is 3. The fourth-order valence-electron chi connectivity index (χ4n) is 4.53. The third-order valence-corrected chi connectivity index (χ3v) is 6.43. The zero-order valence-corrected chi connectivity index (χ0v) is 18.6. The number of carbonyl (C=O) groups excluding carboxylic acids is 2. The van der Waals surface area contributed by atoms with E-state index in [2.05, 4.69) is 10.1 Å². The van der Waals surface area contributed by atoms with Gasteiger partial charge in [-0.25, -0.2) is 4.68 Å².